The Morgan fingerprint density at radius 3 is 1.34 bits per heavy atom. The number of nitrogens with two attached hydrogens (primary N) is 2. The number of amides is 4. The average molecular weight is 2270 g/mol. The van der Waals surface area contributed by atoms with E-state index < -0.39 is 199 Å². The summed E-state index contributed by atoms with van der Waals surface area (Å²) in [5.74, 6) is -1.95. The van der Waals surface area contributed by atoms with Gasteiger partial charge in [0.1, 0.15) is 66.6 Å². The first-order valence-corrected chi connectivity index (χ1v) is 58.7. The molecule has 16 atom stereocenters. The van der Waals surface area contributed by atoms with Gasteiger partial charge in [-0.3, -0.25) is 56.5 Å². The summed E-state index contributed by atoms with van der Waals surface area (Å²) >= 11 is 0. The van der Waals surface area contributed by atoms with Crippen molar-refractivity contribution in [2.75, 3.05) is 111 Å². The molecule has 2 fully saturated rings. The maximum Gasteiger partial charge on any atom is 0.487 e. The first kappa shape index (κ1) is 114. The Labute approximate surface area is 850 Å². The molecule has 68 heteroatoms. The van der Waals surface area contributed by atoms with E-state index in [4.69, 9.17) is 64.2 Å². The second-order valence-electron chi connectivity index (χ2n) is 37.5. The van der Waals surface area contributed by atoms with E-state index in [1.165, 1.54) is 35.9 Å². The quantitative estimate of drug-likeness (QED) is 0.00849. The van der Waals surface area contributed by atoms with Crippen molar-refractivity contribution >= 4 is 148 Å². The van der Waals surface area contributed by atoms with E-state index in [0.717, 1.165) is 82.8 Å². The number of aromatic nitrogens is 8. The molecule has 4 aromatic carbocycles. The number of anilines is 4. The number of imidazole rings is 2. The third-order valence-corrected chi connectivity index (χ3v) is 34.9. The van der Waals surface area contributed by atoms with E-state index in [1.54, 1.807) is 24.3 Å². The molecule has 0 radical (unpaired) electrons. The number of aliphatic hydroxyl groups is 2. The number of benzene rings is 4. The van der Waals surface area contributed by atoms with E-state index in [2.05, 4.69) is 95.8 Å². The summed E-state index contributed by atoms with van der Waals surface area (Å²) in [6.07, 6.45) is -8.79. The van der Waals surface area contributed by atoms with Crippen LogP contribution in [0.5, 0.6) is 23.0 Å². The molecule has 0 spiro atoms. The van der Waals surface area contributed by atoms with Crippen LogP contribution in [0.1, 0.15) is 139 Å². The third kappa shape index (κ3) is 27.1. The number of nitrogens with one attached hydrogen (secondary N) is 6. The number of phosphoric acid groups is 6. The van der Waals surface area contributed by atoms with Gasteiger partial charge in [-0.1, -0.05) is 9.97 Å². The molecule has 8 aromatic rings. The fraction of sp³-hybridized carbons (Fsp3) is 0.537. The topological polar surface area (TPSA) is 850 Å². The van der Waals surface area contributed by atoms with Crippen molar-refractivity contribution in [3.8, 4) is 23.0 Å². The highest BCUT2D eigenvalue weighted by atomic mass is 32.2. The number of hydrogen-bond donors (Lipinski definition) is 16. The van der Waals surface area contributed by atoms with Gasteiger partial charge in [0.15, 0.2) is 54.0 Å². The number of aromatic amines is 2. The fourth-order valence-electron chi connectivity index (χ4n) is 19.7. The number of hydrogen-bond acceptors (Lipinski definition) is 42. The predicted octanol–water partition coefficient (Wildman–Crippen LogP) is -2.15. The predicted molar refractivity (Wildman–Crippen MR) is 511 cm³/mol. The zero-order valence-electron chi connectivity index (χ0n) is 81.2. The van der Waals surface area contributed by atoms with E-state index in [9.17, 15) is 122 Å². The number of alkyl carbamates (subject to hydrolysis) is 2. The Bertz CT molecular complexity index is 7660. The molecule has 150 heavy (non-hydrogen) atoms. The summed E-state index contributed by atoms with van der Waals surface area (Å²) < 4.78 is 213. The molecule has 4 aromatic heterocycles. The molecule has 8 aliphatic heterocycles. The minimum Gasteiger partial charge on any atom is -0.756 e. The molecule has 8 unspecified atom stereocenters. The van der Waals surface area contributed by atoms with E-state index in [0.29, 0.717) is 106 Å². The van der Waals surface area contributed by atoms with Crippen LogP contribution in [-0.4, -0.2) is 256 Å². The van der Waals surface area contributed by atoms with Crippen LogP contribution in [0.4, 0.5) is 44.2 Å². The van der Waals surface area contributed by atoms with Gasteiger partial charge >= 0.3 is 54.8 Å². The normalized spacial score (nSPS) is 23.3. The summed E-state index contributed by atoms with van der Waals surface area (Å²) in [7, 11) is -41.8. The van der Waals surface area contributed by atoms with E-state index >= 15 is 0 Å². The molecular formula is C82H110N20O40P6S2. The van der Waals surface area contributed by atoms with Gasteiger partial charge in [0.25, 0.3) is 38.7 Å². The van der Waals surface area contributed by atoms with Crippen LogP contribution >= 0.6 is 46.9 Å². The number of fused-ring (bicyclic) bond motifs is 10. The number of H-pyrrole nitrogens is 2. The largest absolute Gasteiger partial charge is 0.756 e. The van der Waals surface area contributed by atoms with Crippen molar-refractivity contribution in [2.24, 2.45) is 24.1 Å². The number of rotatable bonds is 38. The van der Waals surface area contributed by atoms with Gasteiger partial charge in [0, 0.05) is 134 Å². The summed E-state index contributed by atoms with van der Waals surface area (Å²) in [5.41, 5.74) is 14.2. The Morgan fingerprint density at radius 2 is 0.933 bits per heavy atom. The lowest BCUT2D eigenvalue weighted by molar-refractivity contribution is -0.746. The lowest BCUT2D eigenvalue weighted by atomic mass is 9.79. The number of ether oxygens (including phenoxy) is 6. The molecule has 12 heterocycles. The highest BCUT2D eigenvalue weighted by Gasteiger charge is 2.55. The van der Waals surface area contributed by atoms with Gasteiger partial charge in [0.2, 0.25) is 46.0 Å². The number of carbonyl (C=O) groups is 4. The van der Waals surface area contributed by atoms with Gasteiger partial charge in [-0.15, -0.1) is 0 Å². The van der Waals surface area contributed by atoms with Gasteiger partial charge in [-0.2, -0.15) is 8.62 Å². The maximum atomic E-state index is 13.2. The molecule has 0 bridgehead atoms. The molecule has 60 nitrogen and oxygen atoms in total. The van der Waals surface area contributed by atoms with Crippen molar-refractivity contribution in [2.45, 2.75) is 178 Å². The molecule has 2 saturated heterocycles. The number of nitrogen functional groups attached to an aromatic ring is 2. The van der Waals surface area contributed by atoms with Gasteiger partial charge in [-0.25, -0.2) is 81.6 Å². The molecule has 820 valence electrons. The van der Waals surface area contributed by atoms with Crippen LogP contribution in [-0.2, 0) is 129 Å². The molecule has 8 aliphatic rings. The van der Waals surface area contributed by atoms with Gasteiger partial charge < -0.3 is 129 Å². The van der Waals surface area contributed by atoms with Crippen LogP contribution in [0, 0.1) is 0 Å². The van der Waals surface area contributed by atoms with Gasteiger partial charge in [-0.05, 0) is 115 Å². The average Bonchev–Trinajstić information content (AvgIpc) is 1.30. The first-order valence-electron chi connectivity index (χ1n) is 46.6. The summed E-state index contributed by atoms with van der Waals surface area (Å²) in [4.78, 5) is 183. The van der Waals surface area contributed by atoms with E-state index in [-0.39, 0.29) is 73.2 Å². The van der Waals surface area contributed by atoms with Crippen LogP contribution < -0.4 is 113 Å². The van der Waals surface area contributed by atoms with Crippen molar-refractivity contribution < 1.29 is 186 Å². The van der Waals surface area contributed by atoms with Crippen molar-refractivity contribution in [3.05, 3.63) is 126 Å². The first-order chi connectivity index (χ1) is 70.0. The van der Waals surface area contributed by atoms with Crippen LogP contribution in [0.2, 0.25) is 0 Å². The van der Waals surface area contributed by atoms with E-state index in [1.807, 2.05) is 52.0 Å². The smallest absolute Gasteiger partial charge is 0.487 e. The zero-order valence-corrected chi connectivity index (χ0v) is 88.2. The Kier molecular flexibility index (Phi) is 33.5. The lowest BCUT2D eigenvalue weighted by Crippen LogP contribution is -2.50. The Balaban J connectivity index is 0.000000224. The summed E-state index contributed by atoms with van der Waals surface area (Å²) in [6, 6.07) is 15.2. The van der Waals surface area contributed by atoms with Crippen molar-refractivity contribution in [3.63, 3.8) is 0 Å². The minimum atomic E-state index is -5.99. The number of nitrogens with zero attached hydrogens (tertiary/aromatic N) is 12. The molecule has 18 N–H and O–H groups in total. The van der Waals surface area contributed by atoms with Gasteiger partial charge in [0.05, 0.1) is 59.7 Å². The molecule has 0 aliphatic carbocycles. The second-order valence-corrected chi connectivity index (χ2v) is 49.1. The van der Waals surface area contributed by atoms with Crippen LogP contribution in [0.25, 0.3) is 22.3 Å². The lowest BCUT2D eigenvalue weighted by Gasteiger charge is -2.48. The second kappa shape index (κ2) is 44.2. The summed E-state index contributed by atoms with van der Waals surface area (Å²) in [6.45, 7) is 13.0. The molecule has 4 amide bonds. The minimum absolute atomic E-state index is 0.00723. The van der Waals surface area contributed by atoms with Crippen LogP contribution in [0.15, 0.2) is 80.8 Å². The third-order valence-electron chi connectivity index (χ3n) is 25.7. The Hall–Kier alpha value is -10.5. The monoisotopic (exact) mass is 2260 g/mol. The standard InChI is InChI=1S/2C41H55N10O20P3S/c1-5-49-12-6-8-22-14-25-29(16-27(22)49)67-30-17-28-24(15-26(30)45-25)23(20-75(63,64)65)18-41(2,3)51(28)13-7-9-32(52)43-10-11-44-40(55)69-35-31(19-66-73(59,60)71-74(61,62)70-72(56,57)58)68-38(34(35)53)50-21-48(4)33-36(50)46-39(42)47-37(33)54;1-5-49-12-6-8-22-14-25-29(16-27(22)49)67-30-17-28-24(15-26(30)45-25)23(20-75(63,64)65)18-41(2,3)51(28)13-7-9-32(52)43-10-11-44-40(55)69-35-34(53)31(19-66-73(59,60)71-74(61,62)70-72(56,57)58)68-38(35)50-21-48(4)33-36(50)46-39(42)47-37(33)54/h2*14-17,21,23,31,34-35,38,53H,5-13,18-20H2,1-4H3,(H8-2,42,43,44,46,47,52,54,55,56,57,58,59,60,61,62,63,64,65)/t2*23?,31-,34-,35-,38-/m11/s1. The van der Waals surface area contributed by atoms with Crippen molar-refractivity contribution in [1.29, 1.82) is 0 Å². The highest BCUT2D eigenvalue weighted by molar-refractivity contribution is 7.86. The highest BCUT2D eigenvalue weighted by Crippen LogP contribution is 2.67. The number of aryl methyl sites for hydroxylation is 4. The molecular weight excluding hydrogens is 2150 g/mol. The molecule has 16 rings (SSSR count). The fourth-order valence-corrected chi connectivity index (χ4v) is 27.3. The molecule has 0 saturated carbocycles. The number of aliphatic hydroxyl groups excluding tert-OH is 2. The van der Waals surface area contributed by atoms with Crippen molar-refractivity contribution in [1.82, 2.24) is 59.5 Å². The number of phosphoric ester groups is 2. The SMILES string of the molecule is CC[N+]1=c2cc3c(cc2CCC1)=Nc1cc2c(cc1O3)N(CCCC(=O)NCCNC(=O)O[C@@H]1[C@H](O)[C@@H](COP(=O)(O)OP(=O)(O)OP(=O)([O-])O)O[C@H]1[n+]1cn(C)c3c(=O)[nH]c(N)nc31)C(C)(C)CC2CS(=O)(=O)[O-].CC[N+]1=c2cc3c(cc2CCC1)=Nc1cc2c(cc1O3)N(CCCC(=O)NCCNC(=O)O[C@H]1[C@@H](O)[C@H]([n+]3cn(C)c4c(=O)[nH]c(N)nc43)O[C@@H]1COP(=O)(O)OP(=O)(O)OP(=O)([O-])O)C(C)(C)CC2CS(=O)(=O)[O-]. The maximum absolute atomic E-state index is 13.2. The summed E-state index contributed by atoms with van der Waals surface area (Å²) in [5, 5.41) is 36.4. The Morgan fingerprint density at radius 1 is 0.540 bits per heavy atom. The number of carbonyl (C=O) groups excluding carboxylic acids is 4. The zero-order chi connectivity index (χ0) is 109. The van der Waals surface area contributed by atoms with Crippen LogP contribution in [0.3, 0.4) is 0 Å².